The lowest BCUT2D eigenvalue weighted by Crippen LogP contribution is -2.43. The van der Waals surface area contributed by atoms with Gasteiger partial charge in [0, 0.05) is 6.54 Å². The average Bonchev–Trinajstić information content (AvgIpc) is 2.54. The highest BCUT2D eigenvalue weighted by Crippen LogP contribution is 2.25. The molecule has 0 radical (unpaired) electrons. The van der Waals surface area contributed by atoms with E-state index in [2.05, 4.69) is 5.32 Å². The van der Waals surface area contributed by atoms with E-state index in [-0.39, 0.29) is 19.1 Å². The summed E-state index contributed by atoms with van der Waals surface area (Å²) in [5.74, 6) is -1.15. The van der Waals surface area contributed by atoms with Crippen molar-refractivity contribution in [1.82, 2.24) is 5.32 Å². The number of ether oxygens (including phenoxy) is 1. The number of nitrogens with one attached hydrogen (secondary N) is 1. The Hall–Kier alpha value is -1.88. The molecule has 0 bridgehead atoms. The van der Waals surface area contributed by atoms with E-state index < -0.39 is 11.4 Å². The number of aliphatic carboxylic acids is 1. The minimum atomic E-state index is -0.889. The minimum Gasteiger partial charge on any atom is -0.481 e. The van der Waals surface area contributed by atoms with Crippen molar-refractivity contribution in [3.63, 3.8) is 0 Å². The molecule has 2 N–H and O–H groups in total. The molecule has 22 heavy (non-hydrogen) atoms. The molecule has 0 saturated heterocycles. The fourth-order valence-electron chi connectivity index (χ4n) is 2.20. The van der Waals surface area contributed by atoms with Crippen LogP contribution in [0.15, 0.2) is 30.3 Å². The Labute approximate surface area is 131 Å². The third kappa shape index (κ3) is 5.48. The zero-order valence-corrected chi connectivity index (χ0v) is 13.3. The highest BCUT2D eigenvalue weighted by atomic mass is 16.5. The van der Waals surface area contributed by atoms with E-state index in [4.69, 9.17) is 4.74 Å². The Balaban J connectivity index is 2.27. The number of rotatable bonds is 10. The van der Waals surface area contributed by atoms with Crippen LogP contribution in [0.4, 0.5) is 0 Å². The molecule has 0 aromatic heterocycles. The van der Waals surface area contributed by atoms with Gasteiger partial charge in [0.25, 0.3) is 0 Å². The van der Waals surface area contributed by atoms with Gasteiger partial charge in [0.2, 0.25) is 5.91 Å². The summed E-state index contributed by atoms with van der Waals surface area (Å²) in [6.07, 6.45) is 1.71. The topological polar surface area (TPSA) is 75.6 Å². The fraction of sp³-hybridized carbons (Fsp3) is 0.529. The summed E-state index contributed by atoms with van der Waals surface area (Å²) in [4.78, 5) is 23.1. The van der Waals surface area contributed by atoms with Crippen molar-refractivity contribution in [2.24, 2.45) is 5.41 Å². The lowest BCUT2D eigenvalue weighted by atomic mass is 9.82. The fourth-order valence-corrected chi connectivity index (χ4v) is 2.20. The van der Waals surface area contributed by atoms with Gasteiger partial charge in [0.1, 0.15) is 6.61 Å². The maximum Gasteiger partial charge on any atom is 0.311 e. The van der Waals surface area contributed by atoms with E-state index >= 15 is 0 Å². The highest BCUT2D eigenvalue weighted by molar-refractivity contribution is 5.79. The number of hydrogen-bond donors (Lipinski definition) is 2. The largest absolute Gasteiger partial charge is 0.481 e. The number of carbonyl (C=O) groups is 2. The number of benzene rings is 1. The second-order valence-corrected chi connectivity index (χ2v) is 5.36. The molecule has 1 amide bonds. The quantitative estimate of drug-likeness (QED) is 0.650. The van der Waals surface area contributed by atoms with Crippen molar-refractivity contribution < 1.29 is 19.4 Å². The van der Waals surface area contributed by atoms with Crippen molar-refractivity contribution >= 4 is 11.9 Å². The Morgan fingerprint density at radius 1 is 1.18 bits per heavy atom. The number of carboxylic acids is 1. The van der Waals surface area contributed by atoms with Crippen LogP contribution in [0.25, 0.3) is 0 Å². The van der Waals surface area contributed by atoms with Crippen LogP contribution in [0.1, 0.15) is 32.3 Å². The molecule has 1 aromatic rings. The van der Waals surface area contributed by atoms with Crippen LogP contribution in [0, 0.1) is 5.41 Å². The summed E-state index contributed by atoms with van der Waals surface area (Å²) in [5.41, 5.74) is 0.268. The molecular weight excluding hydrogens is 282 g/mol. The third-order valence-corrected chi connectivity index (χ3v) is 4.04. The van der Waals surface area contributed by atoms with Gasteiger partial charge in [-0.25, -0.2) is 0 Å². The first-order valence-electron chi connectivity index (χ1n) is 7.66. The molecule has 0 spiro atoms. The van der Waals surface area contributed by atoms with Gasteiger partial charge in [-0.15, -0.1) is 0 Å². The van der Waals surface area contributed by atoms with Gasteiger partial charge in [0.15, 0.2) is 0 Å². The number of carboxylic acid groups (broad SMARTS) is 1. The Morgan fingerprint density at radius 2 is 1.82 bits per heavy atom. The summed E-state index contributed by atoms with van der Waals surface area (Å²) < 4.78 is 5.33. The van der Waals surface area contributed by atoms with Crippen LogP contribution >= 0.6 is 0 Å². The Kier molecular flexibility index (Phi) is 7.60. The molecule has 0 aliphatic carbocycles. The SMILES string of the molecule is CCC(CC)(CNC(=O)COCCc1ccccc1)C(=O)O. The van der Waals surface area contributed by atoms with Gasteiger partial charge in [-0.1, -0.05) is 44.2 Å². The predicted molar refractivity (Wildman–Crippen MR) is 84.6 cm³/mol. The van der Waals surface area contributed by atoms with Gasteiger partial charge >= 0.3 is 5.97 Å². The first-order chi connectivity index (χ1) is 10.5. The maximum absolute atomic E-state index is 11.7. The van der Waals surface area contributed by atoms with Crippen LogP contribution in [0.2, 0.25) is 0 Å². The molecule has 0 aliphatic heterocycles. The molecule has 0 aliphatic rings. The number of carbonyl (C=O) groups excluding carboxylic acids is 1. The van der Waals surface area contributed by atoms with E-state index in [0.29, 0.717) is 19.4 Å². The maximum atomic E-state index is 11.7. The predicted octanol–water partition coefficient (Wildman–Crippen LogP) is 2.25. The van der Waals surface area contributed by atoms with Crippen molar-refractivity contribution in [2.75, 3.05) is 19.8 Å². The smallest absolute Gasteiger partial charge is 0.311 e. The number of amides is 1. The molecule has 0 atom stereocenters. The van der Waals surface area contributed by atoms with Gasteiger partial charge in [-0.3, -0.25) is 9.59 Å². The van der Waals surface area contributed by atoms with E-state index in [9.17, 15) is 14.7 Å². The molecule has 0 unspecified atom stereocenters. The standard InChI is InChI=1S/C17H25NO4/c1-3-17(4-2,16(20)21)13-18-15(19)12-22-11-10-14-8-6-5-7-9-14/h5-9H,3-4,10-13H2,1-2H3,(H,18,19)(H,20,21). The van der Waals surface area contributed by atoms with Crippen molar-refractivity contribution in [3.05, 3.63) is 35.9 Å². The summed E-state index contributed by atoms with van der Waals surface area (Å²) in [6, 6.07) is 9.89. The summed E-state index contributed by atoms with van der Waals surface area (Å²) in [5, 5.41) is 12.0. The van der Waals surface area contributed by atoms with Crippen LogP contribution in [-0.2, 0) is 20.7 Å². The molecule has 5 heteroatoms. The third-order valence-electron chi connectivity index (χ3n) is 4.04. The van der Waals surface area contributed by atoms with Crippen LogP contribution in [0.5, 0.6) is 0 Å². The average molecular weight is 307 g/mol. The van der Waals surface area contributed by atoms with Crippen LogP contribution < -0.4 is 5.32 Å². The number of hydrogen-bond acceptors (Lipinski definition) is 3. The second-order valence-electron chi connectivity index (χ2n) is 5.36. The summed E-state index contributed by atoms with van der Waals surface area (Å²) in [7, 11) is 0. The Bertz CT molecular complexity index is 469. The molecule has 5 nitrogen and oxygen atoms in total. The molecular formula is C17H25NO4. The second kappa shape index (κ2) is 9.20. The van der Waals surface area contributed by atoms with Crippen molar-refractivity contribution in [1.29, 1.82) is 0 Å². The first kappa shape index (κ1) is 18.2. The molecule has 0 saturated carbocycles. The zero-order chi connectivity index (χ0) is 16.4. The Morgan fingerprint density at radius 3 is 2.36 bits per heavy atom. The van der Waals surface area contributed by atoms with Crippen LogP contribution in [-0.4, -0.2) is 36.7 Å². The lowest BCUT2D eigenvalue weighted by molar-refractivity contribution is -0.149. The van der Waals surface area contributed by atoms with Gasteiger partial charge in [-0.2, -0.15) is 0 Å². The van der Waals surface area contributed by atoms with E-state index in [0.717, 1.165) is 12.0 Å². The van der Waals surface area contributed by atoms with E-state index in [1.165, 1.54) is 0 Å². The zero-order valence-electron chi connectivity index (χ0n) is 13.3. The molecule has 0 fully saturated rings. The summed E-state index contributed by atoms with van der Waals surface area (Å²) in [6.45, 7) is 4.19. The molecule has 122 valence electrons. The normalized spacial score (nSPS) is 11.2. The molecule has 1 rings (SSSR count). The lowest BCUT2D eigenvalue weighted by Gasteiger charge is -2.26. The summed E-state index contributed by atoms with van der Waals surface area (Å²) >= 11 is 0. The van der Waals surface area contributed by atoms with Gasteiger partial charge in [-0.05, 0) is 24.8 Å². The highest BCUT2D eigenvalue weighted by Gasteiger charge is 2.35. The van der Waals surface area contributed by atoms with Crippen molar-refractivity contribution in [3.8, 4) is 0 Å². The molecule has 0 heterocycles. The van der Waals surface area contributed by atoms with Gasteiger partial charge < -0.3 is 15.2 Å². The van der Waals surface area contributed by atoms with E-state index in [1.54, 1.807) is 0 Å². The van der Waals surface area contributed by atoms with E-state index in [1.807, 2.05) is 44.2 Å². The monoisotopic (exact) mass is 307 g/mol. The minimum absolute atomic E-state index is 0.0457. The molecule has 1 aromatic carbocycles. The van der Waals surface area contributed by atoms with Crippen molar-refractivity contribution in [2.45, 2.75) is 33.1 Å². The van der Waals surface area contributed by atoms with Crippen LogP contribution in [0.3, 0.4) is 0 Å². The van der Waals surface area contributed by atoms with Gasteiger partial charge in [0.05, 0.1) is 12.0 Å². The first-order valence-corrected chi connectivity index (χ1v) is 7.66.